The predicted octanol–water partition coefficient (Wildman–Crippen LogP) is 1.11. The molecule has 0 saturated carbocycles. The molecule has 0 bridgehead atoms. The Hall–Kier alpha value is -1.85. The van der Waals surface area contributed by atoms with Crippen molar-refractivity contribution < 1.29 is 9.53 Å². The number of aromatic amines is 1. The number of aryl methyl sites for hydroxylation is 1. The first-order valence-corrected chi connectivity index (χ1v) is 6.61. The minimum absolute atomic E-state index is 0.112. The first-order chi connectivity index (χ1) is 9.10. The fourth-order valence-electron chi connectivity index (χ4n) is 1.73. The maximum atomic E-state index is 11.6. The summed E-state index contributed by atoms with van der Waals surface area (Å²) in [5.74, 6) is 0.832. The molecule has 0 aliphatic heterocycles. The average Bonchev–Trinajstić information content (AvgIpc) is 2.37. The Balaban J connectivity index is 2.94. The molecule has 0 atom stereocenters. The molecule has 0 aromatic carbocycles. The zero-order chi connectivity index (χ0) is 14.3. The zero-order valence-electron chi connectivity index (χ0n) is 11.7. The first kappa shape index (κ1) is 15.2. The highest BCUT2D eigenvalue weighted by Gasteiger charge is 2.14. The van der Waals surface area contributed by atoms with Gasteiger partial charge in [0.1, 0.15) is 18.2 Å². The van der Waals surface area contributed by atoms with Crippen molar-refractivity contribution >= 4 is 11.8 Å². The summed E-state index contributed by atoms with van der Waals surface area (Å²) in [5, 5.41) is 0. The topological polar surface area (TPSA) is 75.3 Å². The van der Waals surface area contributed by atoms with Crippen molar-refractivity contribution in [1.29, 1.82) is 0 Å². The van der Waals surface area contributed by atoms with Crippen molar-refractivity contribution in [2.24, 2.45) is 0 Å². The molecule has 0 aliphatic rings. The number of rotatable bonds is 7. The third-order valence-corrected chi connectivity index (χ3v) is 2.55. The van der Waals surface area contributed by atoms with Crippen molar-refractivity contribution in [3.8, 4) is 0 Å². The number of carbonyl (C=O) groups is 1. The van der Waals surface area contributed by atoms with E-state index in [1.807, 2.05) is 13.8 Å². The Bertz CT molecular complexity index is 470. The molecule has 0 amide bonds. The zero-order valence-corrected chi connectivity index (χ0v) is 11.7. The van der Waals surface area contributed by atoms with Crippen LogP contribution in [0.3, 0.4) is 0 Å². The number of hydrogen-bond donors (Lipinski definition) is 1. The number of H-pyrrole nitrogens is 1. The van der Waals surface area contributed by atoms with E-state index >= 15 is 0 Å². The van der Waals surface area contributed by atoms with E-state index in [-0.39, 0.29) is 18.1 Å². The fraction of sp³-hybridized carbons (Fsp3) is 0.615. The number of ether oxygens (including phenoxy) is 1. The summed E-state index contributed by atoms with van der Waals surface area (Å²) in [6, 6.07) is 1.41. The monoisotopic (exact) mass is 267 g/mol. The van der Waals surface area contributed by atoms with Crippen LogP contribution in [0, 0.1) is 0 Å². The maximum absolute atomic E-state index is 11.6. The third kappa shape index (κ3) is 4.73. The van der Waals surface area contributed by atoms with Gasteiger partial charge in [-0.3, -0.25) is 9.59 Å². The summed E-state index contributed by atoms with van der Waals surface area (Å²) in [6.45, 7) is 6.80. The van der Waals surface area contributed by atoms with E-state index in [1.165, 1.54) is 6.07 Å². The summed E-state index contributed by atoms with van der Waals surface area (Å²) in [4.78, 5) is 31.9. The van der Waals surface area contributed by atoms with Crippen molar-refractivity contribution in [3.05, 3.63) is 22.2 Å². The Labute approximate surface area is 112 Å². The van der Waals surface area contributed by atoms with Crippen LogP contribution in [0.1, 0.15) is 33.0 Å². The van der Waals surface area contributed by atoms with E-state index in [0.717, 1.165) is 6.42 Å². The summed E-state index contributed by atoms with van der Waals surface area (Å²) >= 11 is 0. The van der Waals surface area contributed by atoms with Crippen molar-refractivity contribution in [1.82, 2.24) is 9.97 Å². The Morgan fingerprint density at radius 1 is 1.42 bits per heavy atom. The summed E-state index contributed by atoms with van der Waals surface area (Å²) in [5.41, 5.74) is -0.202. The molecule has 0 radical (unpaired) electrons. The molecule has 6 nitrogen and oxygen atoms in total. The number of carbonyl (C=O) groups excluding carboxylic acids is 1. The van der Waals surface area contributed by atoms with Crippen LogP contribution in [0.2, 0.25) is 0 Å². The van der Waals surface area contributed by atoms with Crippen LogP contribution in [0.15, 0.2) is 10.9 Å². The Morgan fingerprint density at radius 2 is 2.16 bits per heavy atom. The molecule has 1 heterocycles. The third-order valence-electron chi connectivity index (χ3n) is 2.55. The molecule has 0 fully saturated rings. The van der Waals surface area contributed by atoms with Gasteiger partial charge in [0.25, 0.3) is 5.56 Å². The van der Waals surface area contributed by atoms with Gasteiger partial charge in [0.05, 0.1) is 6.61 Å². The lowest BCUT2D eigenvalue weighted by Crippen LogP contribution is -2.33. The Morgan fingerprint density at radius 3 is 2.74 bits per heavy atom. The molecule has 0 saturated heterocycles. The van der Waals surface area contributed by atoms with Crippen molar-refractivity contribution in [2.45, 2.75) is 33.6 Å². The molecule has 0 unspecified atom stereocenters. The quantitative estimate of drug-likeness (QED) is 0.749. The maximum Gasteiger partial charge on any atom is 0.325 e. The molecule has 0 aliphatic carbocycles. The first-order valence-electron chi connectivity index (χ1n) is 6.61. The summed E-state index contributed by atoms with van der Waals surface area (Å²) in [6.07, 6.45) is 1.50. The second kappa shape index (κ2) is 7.56. The number of hydrogen-bond acceptors (Lipinski definition) is 5. The predicted molar refractivity (Wildman–Crippen MR) is 73.4 cm³/mol. The van der Waals surface area contributed by atoms with Crippen LogP contribution in [-0.2, 0) is 16.0 Å². The van der Waals surface area contributed by atoms with Crippen molar-refractivity contribution in [2.75, 3.05) is 24.6 Å². The molecule has 0 spiro atoms. The van der Waals surface area contributed by atoms with E-state index in [9.17, 15) is 9.59 Å². The number of aromatic nitrogens is 2. The van der Waals surface area contributed by atoms with Crippen LogP contribution < -0.4 is 10.5 Å². The molecule has 1 rings (SSSR count). The van der Waals surface area contributed by atoms with E-state index < -0.39 is 0 Å². The minimum Gasteiger partial charge on any atom is -0.465 e. The van der Waals surface area contributed by atoms with Gasteiger partial charge >= 0.3 is 5.97 Å². The Kier molecular flexibility index (Phi) is 6.05. The van der Waals surface area contributed by atoms with Crippen LogP contribution in [0.25, 0.3) is 0 Å². The molecule has 6 heteroatoms. The minimum atomic E-state index is -0.309. The highest BCUT2D eigenvalue weighted by molar-refractivity contribution is 5.75. The smallest absolute Gasteiger partial charge is 0.325 e. The molecule has 1 aromatic heterocycles. The van der Waals surface area contributed by atoms with Gasteiger partial charge in [-0.05, 0) is 13.3 Å². The number of nitrogens with one attached hydrogen (secondary N) is 1. The lowest BCUT2D eigenvalue weighted by molar-refractivity contribution is -0.141. The lowest BCUT2D eigenvalue weighted by Gasteiger charge is -2.22. The molecule has 1 N–H and O–H groups in total. The van der Waals surface area contributed by atoms with Gasteiger partial charge in [0, 0.05) is 19.0 Å². The van der Waals surface area contributed by atoms with Gasteiger partial charge in [-0.1, -0.05) is 13.8 Å². The number of anilines is 1. The SMILES string of the molecule is CCCN(CC(=O)OCC)c1cc(=O)[nH]c(CC)n1. The summed E-state index contributed by atoms with van der Waals surface area (Å²) < 4.78 is 4.93. The standard InChI is InChI=1S/C13H21N3O3/c1-4-7-16(9-13(18)19-6-3)11-8-12(17)15-10(5-2)14-11/h8H,4-7,9H2,1-3H3,(H,14,15,17). The molecule has 106 valence electrons. The molecule has 19 heavy (non-hydrogen) atoms. The van der Waals surface area contributed by atoms with Gasteiger partial charge < -0.3 is 14.6 Å². The van der Waals surface area contributed by atoms with Crippen LogP contribution in [-0.4, -0.2) is 35.6 Å². The molecule has 1 aromatic rings. The second-order valence-electron chi connectivity index (χ2n) is 4.13. The van der Waals surface area contributed by atoms with Gasteiger partial charge in [-0.25, -0.2) is 4.98 Å². The van der Waals surface area contributed by atoms with Crippen LogP contribution in [0.4, 0.5) is 5.82 Å². The van der Waals surface area contributed by atoms with E-state index in [4.69, 9.17) is 4.74 Å². The number of nitrogens with zero attached hydrogens (tertiary/aromatic N) is 2. The second-order valence-corrected chi connectivity index (χ2v) is 4.13. The average molecular weight is 267 g/mol. The van der Waals surface area contributed by atoms with E-state index in [1.54, 1.807) is 11.8 Å². The van der Waals surface area contributed by atoms with Crippen LogP contribution >= 0.6 is 0 Å². The van der Waals surface area contributed by atoms with Crippen molar-refractivity contribution in [3.63, 3.8) is 0 Å². The van der Waals surface area contributed by atoms with E-state index in [2.05, 4.69) is 9.97 Å². The normalized spacial score (nSPS) is 10.3. The largest absolute Gasteiger partial charge is 0.465 e. The molecular formula is C13H21N3O3. The number of esters is 1. The van der Waals surface area contributed by atoms with Gasteiger partial charge in [-0.2, -0.15) is 0 Å². The van der Waals surface area contributed by atoms with Gasteiger partial charge in [0.15, 0.2) is 0 Å². The van der Waals surface area contributed by atoms with Gasteiger partial charge in [-0.15, -0.1) is 0 Å². The van der Waals surface area contributed by atoms with Crippen LogP contribution in [0.5, 0.6) is 0 Å². The van der Waals surface area contributed by atoms with Gasteiger partial charge in [0.2, 0.25) is 0 Å². The molecular weight excluding hydrogens is 246 g/mol. The fourth-order valence-corrected chi connectivity index (χ4v) is 1.73. The van der Waals surface area contributed by atoms with E-state index in [0.29, 0.717) is 31.2 Å². The lowest BCUT2D eigenvalue weighted by atomic mass is 10.3. The highest BCUT2D eigenvalue weighted by Crippen LogP contribution is 2.09. The highest BCUT2D eigenvalue weighted by atomic mass is 16.5. The summed E-state index contributed by atoms with van der Waals surface area (Å²) in [7, 11) is 0.